The molecule has 0 fully saturated rings. The van der Waals surface area contributed by atoms with Crippen LogP contribution >= 0.6 is 0 Å². The van der Waals surface area contributed by atoms with Gasteiger partial charge in [0.05, 0.1) is 7.11 Å². The zero-order chi connectivity index (χ0) is 23.4. The predicted molar refractivity (Wildman–Crippen MR) is 126 cm³/mol. The zero-order valence-corrected chi connectivity index (χ0v) is 19.8. The predicted octanol–water partition coefficient (Wildman–Crippen LogP) is 2.93. The number of nitrogens with one attached hydrogen (secondary N) is 3. The van der Waals surface area contributed by atoms with Crippen LogP contribution in [0.25, 0.3) is 11.4 Å². The number of carbonyl (C=O) groups is 1. The Morgan fingerprint density at radius 1 is 1.12 bits per heavy atom. The molecule has 2 aromatic rings. The first-order chi connectivity index (χ1) is 15.3. The Balaban J connectivity index is 1.68. The number of methoxy groups -OCH3 is 1. The summed E-state index contributed by atoms with van der Waals surface area (Å²) in [6.07, 6.45) is 3.67. The van der Waals surface area contributed by atoms with E-state index in [9.17, 15) is 4.79 Å². The third-order valence-corrected chi connectivity index (χ3v) is 4.42. The molecule has 0 spiro atoms. The first kappa shape index (κ1) is 25.2. The molecule has 0 atom stereocenters. The number of carbonyl (C=O) groups excluding carboxylic acids is 1. The smallest absolute Gasteiger partial charge is 0.242 e. The van der Waals surface area contributed by atoms with Gasteiger partial charge in [-0.15, -0.1) is 0 Å². The van der Waals surface area contributed by atoms with Crippen LogP contribution in [-0.2, 0) is 11.2 Å². The van der Waals surface area contributed by atoms with Crippen molar-refractivity contribution in [3.63, 3.8) is 0 Å². The minimum absolute atomic E-state index is 0.0942. The van der Waals surface area contributed by atoms with Gasteiger partial charge >= 0.3 is 0 Å². The fourth-order valence-electron chi connectivity index (χ4n) is 2.95. The van der Waals surface area contributed by atoms with Gasteiger partial charge in [-0.05, 0) is 64.8 Å². The lowest BCUT2D eigenvalue weighted by molar-refractivity contribution is -0.121. The van der Waals surface area contributed by atoms with E-state index < -0.39 is 0 Å². The summed E-state index contributed by atoms with van der Waals surface area (Å²) in [4.78, 5) is 20.8. The van der Waals surface area contributed by atoms with Crippen molar-refractivity contribution in [1.82, 2.24) is 26.1 Å². The van der Waals surface area contributed by atoms with E-state index in [2.05, 4.69) is 31.1 Å². The monoisotopic (exact) mass is 444 g/mol. The van der Waals surface area contributed by atoms with Crippen molar-refractivity contribution in [2.75, 3.05) is 26.7 Å². The maximum Gasteiger partial charge on any atom is 0.242 e. The Labute approximate surface area is 190 Å². The van der Waals surface area contributed by atoms with Gasteiger partial charge in [0.2, 0.25) is 17.6 Å². The van der Waals surface area contributed by atoms with E-state index in [-0.39, 0.29) is 18.0 Å². The van der Waals surface area contributed by atoms with Crippen LogP contribution in [0.3, 0.4) is 0 Å². The highest BCUT2D eigenvalue weighted by atomic mass is 16.5. The quantitative estimate of drug-likeness (QED) is 0.277. The number of benzene rings is 1. The van der Waals surface area contributed by atoms with E-state index in [0.29, 0.717) is 17.7 Å². The molecule has 176 valence electrons. The summed E-state index contributed by atoms with van der Waals surface area (Å²) in [5.74, 6) is 2.58. The van der Waals surface area contributed by atoms with Gasteiger partial charge in [-0.1, -0.05) is 11.6 Å². The fraction of sp³-hybridized carbons (Fsp3) is 0.565. The maximum atomic E-state index is 11.9. The number of aryl methyl sites for hydroxylation is 1. The third-order valence-electron chi connectivity index (χ3n) is 4.42. The average Bonchev–Trinajstić information content (AvgIpc) is 3.22. The molecule has 9 nitrogen and oxygen atoms in total. The SMILES string of the molecule is CCNC(=NCC(=O)NC(C)(C)C)NCCCCCc1nc(-c2ccc(OC)cc2)no1. The summed E-state index contributed by atoms with van der Waals surface area (Å²) < 4.78 is 10.5. The van der Waals surface area contributed by atoms with E-state index >= 15 is 0 Å². The lowest BCUT2D eigenvalue weighted by Gasteiger charge is -2.20. The number of hydrogen-bond acceptors (Lipinski definition) is 6. The number of aliphatic imine (C=N–C) groups is 1. The number of unbranched alkanes of at least 4 members (excludes halogenated alkanes) is 2. The number of ether oxygens (including phenoxy) is 1. The van der Waals surface area contributed by atoms with E-state index in [0.717, 1.165) is 50.1 Å². The van der Waals surface area contributed by atoms with E-state index in [1.54, 1.807) is 7.11 Å². The molecule has 0 unspecified atom stereocenters. The Morgan fingerprint density at radius 3 is 2.53 bits per heavy atom. The number of hydrogen-bond donors (Lipinski definition) is 3. The van der Waals surface area contributed by atoms with Gasteiger partial charge in [0.15, 0.2) is 5.96 Å². The van der Waals surface area contributed by atoms with Gasteiger partial charge in [0, 0.05) is 30.6 Å². The van der Waals surface area contributed by atoms with Crippen molar-refractivity contribution in [3.05, 3.63) is 30.2 Å². The molecule has 0 saturated heterocycles. The minimum Gasteiger partial charge on any atom is -0.497 e. The van der Waals surface area contributed by atoms with Gasteiger partial charge in [-0.3, -0.25) is 4.79 Å². The molecule has 3 N–H and O–H groups in total. The summed E-state index contributed by atoms with van der Waals surface area (Å²) in [7, 11) is 1.64. The van der Waals surface area contributed by atoms with Gasteiger partial charge < -0.3 is 25.2 Å². The van der Waals surface area contributed by atoms with Crippen LogP contribution in [-0.4, -0.2) is 54.3 Å². The van der Waals surface area contributed by atoms with Crippen molar-refractivity contribution in [3.8, 4) is 17.1 Å². The van der Waals surface area contributed by atoms with Crippen molar-refractivity contribution in [2.45, 2.75) is 58.9 Å². The second-order valence-electron chi connectivity index (χ2n) is 8.47. The second-order valence-corrected chi connectivity index (χ2v) is 8.47. The van der Waals surface area contributed by atoms with Crippen molar-refractivity contribution in [1.29, 1.82) is 0 Å². The van der Waals surface area contributed by atoms with Gasteiger partial charge in [0.25, 0.3) is 0 Å². The minimum atomic E-state index is -0.258. The van der Waals surface area contributed by atoms with Crippen LogP contribution < -0.4 is 20.7 Å². The standard InChI is InChI=1S/C23H36N6O3/c1-6-24-22(26-16-19(30)28-23(2,3)4)25-15-9-7-8-10-20-27-21(29-32-20)17-11-13-18(31-5)14-12-17/h11-14H,6-10,15-16H2,1-5H3,(H,28,30)(H2,24,25,26). The Morgan fingerprint density at radius 2 is 1.88 bits per heavy atom. The first-order valence-electron chi connectivity index (χ1n) is 11.1. The molecule has 0 radical (unpaired) electrons. The number of aromatic nitrogens is 2. The molecule has 1 aromatic heterocycles. The van der Waals surface area contributed by atoms with Crippen LogP contribution in [0.2, 0.25) is 0 Å². The number of nitrogens with zero attached hydrogens (tertiary/aromatic N) is 3. The maximum absolute atomic E-state index is 11.9. The van der Waals surface area contributed by atoms with E-state index in [1.165, 1.54) is 0 Å². The van der Waals surface area contributed by atoms with Gasteiger partial charge in [-0.25, -0.2) is 4.99 Å². The molecule has 0 aliphatic carbocycles. The van der Waals surface area contributed by atoms with Crippen LogP contribution in [0, 0.1) is 0 Å². The Hall–Kier alpha value is -3.10. The zero-order valence-electron chi connectivity index (χ0n) is 19.8. The number of rotatable bonds is 11. The molecule has 9 heteroatoms. The van der Waals surface area contributed by atoms with Crippen LogP contribution in [0.1, 0.15) is 52.8 Å². The third kappa shape index (κ3) is 9.36. The van der Waals surface area contributed by atoms with Crippen molar-refractivity contribution in [2.24, 2.45) is 4.99 Å². The van der Waals surface area contributed by atoms with Crippen molar-refractivity contribution < 1.29 is 14.1 Å². The lowest BCUT2D eigenvalue weighted by atomic mass is 10.1. The van der Waals surface area contributed by atoms with Crippen molar-refractivity contribution >= 4 is 11.9 Å². The number of amides is 1. The highest BCUT2D eigenvalue weighted by molar-refractivity contribution is 5.85. The Bertz CT molecular complexity index is 855. The number of guanidine groups is 1. The van der Waals surface area contributed by atoms with E-state index in [4.69, 9.17) is 9.26 Å². The summed E-state index contributed by atoms with van der Waals surface area (Å²) in [6, 6.07) is 7.57. The van der Waals surface area contributed by atoms with Crippen LogP contribution in [0.15, 0.2) is 33.8 Å². The first-order valence-corrected chi connectivity index (χ1v) is 11.1. The Kier molecular flexibility index (Phi) is 9.97. The summed E-state index contributed by atoms with van der Waals surface area (Å²) in [5, 5.41) is 13.4. The van der Waals surface area contributed by atoms with Gasteiger partial charge in [-0.2, -0.15) is 4.98 Å². The molecule has 32 heavy (non-hydrogen) atoms. The van der Waals surface area contributed by atoms with Crippen LogP contribution in [0.5, 0.6) is 5.75 Å². The molecule has 1 heterocycles. The molecule has 1 aromatic carbocycles. The van der Waals surface area contributed by atoms with E-state index in [1.807, 2.05) is 52.0 Å². The fourth-order valence-corrected chi connectivity index (χ4v) is 2.95. The van der Waals surface area contributed by atoms with Crippen LogP contribution in [0.4, 0.5) is 0 Å². The molecule has 0 aliphatic heterocycles. The molecule has 0 saturated carbocycles. The summed E-state index contributed by atoms with van der Waals surface area (Å²) >= 11 is 0. The average molecular weight is 445 g/mol. The summed E-state index contributed by atoms with van der Waals surface area (Å²) in [6.45, 7) is 9.45. The highest BCUT2D eigenvalue weighted by Gasteiger charge is 2.13. The summed E-state index contributed by atoms with van der Waals surface area (Å²) in [5.41, 5.74) is 0.642. The lowest BCUT2D eigenvalue weighted by Crippen LogP contribution is -2.43. The molecule has 2 rings (SSSR count). The largest absolute Gasteiger partial charge is 0.497 e. The molecular formula is C23H36N6O3. The molecule has 0 aliphatic rings. The van der Waals surface area contributed by atoms with Gasteiger partial charge in [0.1, 0.15) is 12.3 Å². The topological polar surface area (TPSA) is 114 Å². The normalized spacial score (nSPS) is 11.8. The second kappa shape index (κ2) is 12.7. The molecular weight excluding hydrogens is 408 g/mol. The molecule has 0 bridgehead atoms. The molecule has 1 amide bonds. The highest BCUT2D eigenvalue weighted by Crippen LogP contribution is 2.20.